The Balaban J connectivity index is 1.55. The van der Waals surface area contributed by atoms with E-state index in [0.717, 1.165) is 10.5 Å². The molecule has 23 heavy (non-hydrogen) atoms. The number of hydrogen-bond acceptors (Lipinski definition) is 5. The molecule has 5 heteroatoms. The molecule has 0 spiro atoms. The van der Waals surface area contributed by atoms with E-state index in [0.29, 0.717) is 12.0 Å². The maximum Gasteiger partial charge on any atom is 0.337 e. The van der Waals surface area contributed by atoms with Crippen molar-refractivity contribution in [2.75, 3.05) is 7.11 Å². The third-order valence-electron chi connectivity index (χ3n) is 3.67. The maximum atomic E-state index is 12.2. The number of carbonyl (C=O) groups is 2. The number of ether oxygens (including phenoxy) is 2. The number of methoxy groups -OCH3 is 1. The van der Waals surface area contributed by atoms with E-state index < -0.39 is 0 Å². The fourth-order valence-corrected chi connectivity index (χ4v) is 3.61. The third-order valence-corrected chi connectivity index (χ3v) is 4.96. The normalized spacial score (nSPS) is 15.8. The van der Waals surface area contributed by atoms with E-state index in [1.807, 2.05) is 24.3 Å². The van der Waals surface area contributed by atoms with Crippen LogP contribution in [-0.4, -0.2) is 24.3 Å². The number of rotatable bonds is 4. The van der Waals surface area contributed by atoms with Crippen LogP contribution in [0.1, 0.15) is 21.5 Å². The van der Waals surface area contributed by atoms with E-state index in [-0.39, 0.29) is 23.8 Å². The topological polar surface area (TPSA) is 52.6 Å². The van der Waals surface area contributed by atoms with E-state index in [2.05, 4.69) is 4.74 Å². The Labute approximate surface area is 138 Å². The van der Waals surface area contributed by atoms with E-state index in [1.54, 1.807) is 36.0 Å². The lowest BCUT2D eigenvalue weighted by Gasteiger charge is -2.09. The van der Waals surface area contributed by atoms with Gasteiger partial charge in [-0.3, -0.25) is 4.79 Å². The predicted molar refractivity (Wildman–Crippen MR) is 87.4 cm³/mol. The second-order valence-electron chi connectivity index (χ2n) is 5.21. The van der Waals surface area contributed by atoms with Crippen molar-refractivity contribution in [1.29, 1.82) is 0 Å². The lowest BCUT2D eigenvalue weighted by Crippen LogP contribution is -2.19. The van der Waals surface area contributed by atoms with Crippen LogP contribution in [0.2, 0.25) is 0 Å². The molecule has 2 aromatic carbocycles. The maximum absolute atomic E-state index is 12.2. The van der Waals surface area contributed by atoms with Crippen molar-refractivity contribution < 1.29 is 19.1 Å². The molecule has 0 saturated carbocycles. The van der Waals surface area contributed by atoms with Gasteiger partial charge in [0, 0.05) is 4.90 Å². The average molecular weight is 328 g/mol. The van der Waals surface area contributed by atoms with Crippen LogP contribution in [0.25, 0.3) is 0 Å². The number of carbonyl (C=O) groups excluding carboxylic acids is 2. The van der Waals surface area contributed by atoms with Crippen LogP contribution in [0.4, 0.5) is 0 Å². The molecule has 0 fully saturated rings. The molecule has 3 rings (SSSR count). The highest BCUT2D eigenvalue weighted by atomic mass is 32.2. The minimum Gasteiger partial charge on any atom is -0.465 e. The summed E-state index contributed by atoms with van der Waals surface area (Å²) in [6, 6.07) is 14.9. The molecule has 0 saturated heterocycles. The van der Waals surface area contributed by atoms with Crippen LogP contribution in [0.3, 0.4) is 0 Å². The second kappa shape index (κ2) is 6.87. The zero-order valence-electron chi connectivity index (χ0n) is 12.7. The first-order chi connectivity index (χ1) is 11.2. The van der Waals surface area contributed by atoms with E-state index in [1.165, 1.54) is 12.7 Å². The molecular formula is C18H16O4S. The summed E-state index contributed by atoms with van der Waals surface area (Å²) in [4.78, 5) is 24.7. The van der Waals surface area contributed by atoms with Gasteiger partial charge in [-0.05, 0) is 35.7 Å². The summed E-state index contributed by atoms with van der Waals surface area (Å²) in [6.45, 7) is 0.202. The highest BCUT2D eigenvalue weighted by Crippen LogP contribution is 2.37. The largest absolute Gasteiger partial charge is 0.465 e. The molecule has 1 heterocycles. The molecule has 0 N–H and O–H groups in total. The first-order valence-corrected chi connectivity index (χ1v) is 8.14. The van der Waals surface area contributed by atoms with Gasteiger partial charge in [-0.1, -0.05) is 30.3 Å². The van der Waals surface area contributed by atoms with Crippen LogP contribution in [-0.2, 0) is 27.3 Å². The Morgan fingerprint density at radius 3 is 2.57 bits per heavy atom. The molecule has 1 atom stereocenters. The number of hydrogen-bond donors (Lipinski definition) is 0. The fourth-order valence-electron chi connectivity index (χ4n) is 2.42. The summed E-state index contributed by atoms with van der Waals surface area (Å²) < 4.78 is 10.0. The van der Waals surface area contributed by atoms with Gasteiger partial charge in [0.25, 0.3) is 0 Å². The molecular weight excluding hydrogens is 312 g/mol. The van der Waals surface area contributed by atoms with Gasteiger partial charge in [-0.25, -0.2) is 4.79 Å². The fraction of sp³-hybridized carbons (Fsp3) is 0.222. The SMILES string of the molecule is COC(=O)c1ccc(COC(=O)C2Cc3ccccc3S2)cc1. The monoisotopic (exact) mass is 328 g/mol. The summed E-state index contributed by atoms with van der Waals surface area (Å²) in [5.74, 6) is -0.586. The van der Waals surface area contributed by atoms with Gasteiger partial charge < -0.3 is 9.47 Å². The van der Waals surface area contributed by atoms with Crippen molar-refractivity contribution in [3.05, 3.63) is 65.2 Å². The Kier molecular flexibility index (Phi) is 4.67. The Hall–Kier alpha value is -2.27. The highest BCUT2D eigenvalue weighted by molar-refractivity contribution is 8.01. The Bertz CT molecular complexity index is 699. The van der Waals surface area contributed by atoms with E-state index in [9.17, 15) is 9.59 Å². The van der Waals surface area contributed by atoms with Gasteiger partial charge >= 0.3 is 11.9 Å². The van der Waals surface area contributed by atoms with Gasteiger partial charge in [0.15, 0.2) is 0 Å². The molecule has 0 radical (unpaired) electrons. The molecule has 1 aliphatic heterocycles. The Morgan fingerprint density at radius 1 is 1.13 bits per heavy atom. The minimum atomic E-state index is -0.381. The number of benzene rings is 2. The van der Waals surface area contributed by atoms with Crippen LogP contribution in [0.5, 0.6) is 0 Å². The summed E-state index contributed by atoms with van der Waals surface area (Å²) in [5.41, 5.74) is 2.51. The summed E-state index contributed by atoms with van der Waals surface area (Å²) >= 11 is 1.55. The molecule has 1 aliphatic rings. The molecule has 0 amide bonds. The molecule has 0 bridgehead atoms. The van der Waals surface area contributed by atoms with Crippen molar-refractivity contribution in [3.63, 3.8) is 0 Å². The van der Waals surface area contributed by atoms with Gasteiger partial charge in [-0.15, -0.1) is 11.8 Å². The molecule has 1 unspecified atom stereocenters. The number of esters is 2. The first kappa shape index (κ1) is 15.6. The quantitative estimate of drug-likeness (QED) is 0.807. The molecule has 118 valence electrons. The summed E-state index contributed by atoms with van der Waals surface area (Å²) in [5, 5.41) is -0.179. The second-order valence-corrected chi connectivity index (χ2v) is 6.46. The van der Waals surface area contributed by atoms with E-state index in [4.69, 9.17) is 4.74 Å². The standard InChI is InChI=1S/C18H16O4S/c1-21-17(19)13-8-6-12(7-9-13)11-22-18(20)16-10-14-4-2-3-5-15(14)23-16/h2-9,16H,10-11H2,1H3. The predicted octanol–water partition coefficient (Wildman–Crippen LogP) is 3.23. The number of fused-ring (bicyclic) bond motifs is 1. The molecule has 4 nitrogen and oxygen atoms in total. The van der Waals surface area contributed by atoms with Crippen molar-refractivity contribution in [3.8, 4) is 0 Å². The van der Waals surface area contributed by atoms with Crippen LogP contribution >= 0.6 is 11.8 Å². The summed E-state index contributed by atoms with van der Waals surface area (Å²) in [7, 11) is 1.34. The first-order valence-electron chi connectivity index (χ1n) is 7.26. The van der Waals surface area contributed by atoms with Crippen molar-refractivity contribution >= 4 is 23.7 Å². The van der Waals surface area contributed by atoms with Crippen molar-refractivity contribution in [2.45, 2.75) is 23.2 Å². The molecule has 0 aliphatic carbocycles. The average Bonchev–Trinajstić information content (AvgIpc) is 3.03. The van der Waals surface area contributed by atoms with Gasteiger partial charge in [0.1, 0.15) is 11.9 Å². The van der Waals surface area contributed by atoms with Gasteiger partial charge in [0.05, 0.1) is 12.7 Å². The highest BCUT2D eigenvalue weighted by Gasteiger charge is 2.29. The molecule has 2 aromatic rings. The molecule has 0 aromatic heterocycles. The van der Waals surface area contributed by atoms with Crippen molar-refractivity contribution in [2.24, 2.45) is 0 Å². The van der Waals surface area contributed by atoms with Crippen LogP contribution < -0.4 is 0 Å². The minimum absolute atomic E-state index is 0.179. The summed E-state index contributed by atoms with van der Waals surface area (Å²) in [6.07, 6.45) is 0.709. The number of thioether (sulfide) groups is 1. The Morgan fingerprint density at radius 2 is 1.87 bits per heavy atom. The smallest absolute Gasteiger partial charge is 0.337 e. The van der Waals surface area contributed by atoms with Crippen LogP contribution in [0.15, 0.2) is 53.4 Å². The van der Waals surface area contributed by atoms with Crippen LogP contribution in [0, 0.1) is 0 Å². The lowest BCUT2D eigenvalue weighted by molar-refractivity contribution is -0.144. The zero-order valence-corrected chi connectivity index (χ0v) is 13.5. The zero-order chi connectivity index (χ0) is 16.2. The van der Waals surface area contributed by atoms with Gasteiger partial charge in [-0.2, -0.15) is 0 Å². The third kappa shape index (κ3) is 3.56. The van der Waals surface area contributed by atoms with Gasteiger partial charge in [0.2, 0.25) is 0 Å². The lowest BCUT2D eigenvalue weighted by atomic mass is 10.1. The van der Waals surface area contributed by atoms with Crippen molar-refractivity contribution in [1.82, 2.24) is 0 Å². The van der Waals surface area contributed by atoms with E-state index >= 15 is 0 Å².